The van der Waals surface area contributed by atoms with E-state index in [0.717, 1.165) is 38.8 Å². The molecule has 1 aromatic rings. The molecule has 3 rings (SSSR count). The highest BCUT2D eigenvalue weighted by Crippen LogP contribution is 2.36. The number of nitrogens with zero attached hydrogens (tertiary/aromatic N) is 1. The Morgan fingerprint density at radius 1 is 1.21 bits per heavy atom. The highest BCUT2D eigenvalue weighted by molar-refractivity contribution is 5.95. The maximum atomic E-state index is 12.9. The number of rotatable bonds is 7. The van der Waals surface area contributed by atoms with Crippen molar-refractivity contribution in [1.29, 1.82) is 0 Å². The fourth-order valence-corrected chi connectivity index (χ4v) is 5.06. The lowest BCUT2D eigenvalue weighted by molar-refractivity contribution is 0.0641. The maximum absolute atomic E-state index is 12.9. The smallest absolute Gasteiger partial charge is 0.349 e. The Morgan fingerprint density at radius 2 is 1.89 bits per heavy atom. The van der Waals surface area contributed by atoms with Gasteiger partial charge in [0.15, 0.2) is 0 Å². The van der Waals surface area contributed by atoms with Gasteiger partial charge in [0.1, 0.15) is 11.3 Å². The molecule has 156 valence electrons. The van der Waals surface area contributed by atoms with Gasteiger partial charge in [0.2, 0.25) is 0 Å². The lowest BCUT2D eigenvalue weighted by atomic mass is 9.92. The first-order chi connectivity index (χ1) is 13.5. The van der Waals surface area contributed by atoms with Gasteiger partial charge in [-0.2, -0.15) is 0 Å². The zero-order chi connectivity index (χ0) is 20.1. The predicted molar refractivity (Wildman–Crippen MR) is 112 cm³/mol. The molecule has 1 saturated heterocycles. The lowest BCUT2D eigenvalue weighted by Gasteiger charge is -2.43. The average Bonchev–Trinajstić information content (AvgIpc) is 3.17. The molecule has 0 aromatic carbocycles. The summed E-state index contributed by atoms with van der Waals surface area (Å²) in [6, 6.07) is 1.87. The fourth-order valence-electron chi connectivity index (χ4n) is 5.06. The van der Waals surface area contributed by atoms with Gasteiger partial charge in [-0.25, -0.2) is 4.79 Å². The van der Waals surface area contributed by atoms with Gasteiger partial charge < -0.3 is 9.73 Å². The highest BCUT2D eigenvalue weighted by Gasteiger charge is 2.40. The first kappa shape index (κ1) is 21.1. The second-order valence-corrected chi connectivity index (χ2v) is 8.85. The molecule has 1 saturated carbocycles. The van der Waals surface area contributed by atoms with Crippen LogP contribution in [0.25, 0.3) is 0 Å². The molecule has 1 aliphatic carbocycles. The third kappa shape index (κ3) is 4.51. The van der Waals surface area contributed by atoms with Crippen LogP contribution in [0.2, 0.25) is 0 Å². The molecule has 5 nitrogen and oxygen atoms in total. The topological polar surface area (TPSA) is 62.6 Å². The molecule has 0 spiro atoms. The van der Waals surface area contributed by atoms with Crippen molar-refractivity contribution in [3.63, 3.8) is 0 Å². The minimum absolute atomic E-state index is 0.0692. The first-order valence-corrected chi connectivity index (χ1v) is 11.1. The van der Waals surface area contributed by atoms with Crippen LogP contribution in [0.5, 0.6) is 0 Å². The number of carbonyl (C=O) groups excluding carboxylic acids is 1. The molecule has 1 amide bonds. The number of nitrogens with one attached hydrogen (secondary N) is 1. The van der Waals surface area contributed by atoms with E-state index in [1.807, 2.05) is 13.0 Å². The highest BCUT2D eigenvalue weighted by atomic mass is 16.4. The maximum Gasteiger partial charge on any atom is 0.349 e. The number of piperidine rings is 1. The van der Waals surface area contributed by atoms with E-state index in [1.165, 1.54) is 32.1 Å². The van der Waals surface area contributed by atoms with Crippen LogP contribution in [0.3, 0.4) is 0 Å². The van der Waals surface area contributed by atoms with Crippen LogP contribution in [-0.4, -0.2) is 36.0 Å². The number of likely N-dealkylation sites (tertiary alicyclic amines) is 1. The average molecular weight is 389 g/mol. The van der Waals surface area contributed by atoms with Crippen LogP contribution in [0.1, 0.15) is 99.2 Å². The molecule has 2 fully saturated rings. The summed E-state index contributed by atoms with van der Waals surface area (Å²) in [5.74, 6) is 0.583. The van der Waals surface area contributed by atoms with Crippen molar-refractivity contribution in [3.8, 4) is 0 Å². The van der Waals surface area contributed by atoms with E-state index in [0.29, 0.717) is 17.9 Å². The summed E-state index contributed by atoms with van der Waals surface area (Å²) in [5.41, 5.74) is 0.443. The van der Waals surface area contributed by atoms with Crippen molar-refractivity contribution < 1.29 is 9.21 Å². The van der Waals surface area contributed by atoms with Gasteiger partial charge in [-0.3, -0.25) is 9.69 Å². The van der Waals surface area contributed by atoms with E-state index >= 15 is 0 Å². The Balaban J connectivity index is 1.72. The van der Waals surface area contributed by atoms with Crippen molar-refractivity contribution in [2.45, 2.75) is 90.0 Å². The molecule has 1 N–H and O–H groups in total. The van der Waals surface area contributed by atoms with Gasteiger partial charge in [0.05, 0.1) is 0 Å². The van der Waals surface area contributed by atoms with E-state index in [2.05, 4.69) is 24.1 Å². The van der Waals surface area contributed by atoms with Crippen molar-refractivity contribution >= 4 is 5.91 Å². The standard InChI is InChI=1S/C23H36N2O3/c1-4-10-17(2)19-15-18(3)20(22(27)28-19)21(26)24-16-23(11-6-7-12-23)25-13-8-5-9-14-25/h15,17H,4-14,16H2,1-3H3,(H,24,26). The largest absolute Gasteiger partial charge is 0.427 e. The van der Waals surface area contributed by atoms with Crippen molar-refractivity contribution in [2.24, 2.45) is 0 Å². The third-order valence-electron chi connectivity index (χ3n) is 6.74. The molecule has 1 aliphatic heterocycles. The van der Waals surface area contributed by atoms with Crippen LogP contribution in [-0.2, 0) is 0 Å². The summed E-state index contributed by atoms with van der Waals surface area (Å²) in [6.45, 7) is 8.89. The van der Waals surface area contributed by atoms with Crippen molar-refractivity contribution in [2.75, 3.05) is 19.6 Å². The zero-order valence-electron chi connectivity index (χ0n) is 17.8. The summed E-state index contributed by atoms with van der Waals surface area (Å²) >= 11 is 0. The summed E-state index contributed by atoms with van der Waals surface area (Å²) in [4.78, 5) is 28.0. The van der Waals surface area contributed by atoms with Gasteiger partial charge in [-0.05, 0) is 63.7 Å². The number of hydrogen-bond acceptors (Lipinski definition) is 4. The Morgan fingerprint density at radius 3 is 2.50 bits per heavy atom. The molecule has 1 unspecified atom stereocenters. The van der Waals surface area contributed by atoms with Crippen molar-refractivity contribution in [3.05, 3.63) is 33.4 Å². The summed E-state index contributed by atoms with van der Waals surface area (Å²) in [7, 11) is 0. The fraction of sp³-hybridized carbons (Fsp3) is 0.739. The molecule has 5 heteroatoms. The molecule has 0 bridgehead atoms. The summed E-state index contributed by atoms with van der Waals surface area (Å²) in [6.07, 6.45) is 10.5. The Kier molecular flexibility index (Phi) is 6.97. The minimum atomic E-state index is -0.506. The number of carbonyl (C=O) groups is 1. The third-order valence-corrected chi connectivity index (χ3v) is 6.74. The van der Waals surface area contributed by atoms with E-state index in [9.17, 15) is 9.59 Å². The Labute approximate surface area is 168 Å². The van der Waals surface area contributed by atoms with E-state index in [4.69, 9.17) is 4.42 Å². The summed E-state index contributed by atoms with van der Waals surface area (Å²) < 4.78 is 5.51. The molecule has 1 aromatic heterocycles. The Hall–Kier alpha value is -1.62. The van der Waals surface area contributed by atoms with E-state index < -0.39 is 5.63 Å². The molecule has 2 aliphatic rings. The van der Waals surface area contributed by atoms with Crippen LogP contribution < -0.4 is 10.9 Å². The molecular formula is C23H36N2O3. The second-order valence-electron chi connectivity index (χ2n) is 8.85. The van der Waals surface area contributed by atoms with Gasteiger partial charge >= 0.3 is 5.63 Å². The number of amides is 1. The quantitative estimate of drug-likeness (QED) is 0.753. The van der Waals surface area contributed by atoms with E-state index in [-0.39, 0.29) is 22.9 Å². The van der Waals surface area contributed by atoms with Crippen LogP contribution in [0.4, 0.5) is 0 Å². The predicted octanol–water partition coefficient (Wildman–Crippen LogP) is 4.38. The molecular weight excluding hydrogens is 352 g/mol. The van der Waals surface area contributed by atoms with Crippen molar-refractivity contribution in [1.82, 2.24) is 10.2 Å². The van der Waals surface area contributed by atoms with Crippen LogP contribution >= 0.6 is 0 Å². The van der Waals surface area contributed by atoms with Gasteiger partial charge in [-0.15, -0.1) is 0 Å². The summed E-state index contributed by atoms with van der Waals surface area (Å²) in [5, 5.41) is 3.09. The number of aryl methyl sites for hydroxylation is 1. The molecule has 1 atom stereocenters. The SMILES string of the molecule is CCCC(C)c1cc(C)c(C(=O)NCC2(N3CCCCC3)CCCC2)c(=O)o1. The molecule has 0 radical (unpaired) electrons. The number of hydrogen-bond donors (Lipinski definition) is 1. The van der Waals surface area contributed by atoms with Gasteiger partial charge in [-0.1, -0.05) is 39.5 Å². The minimum Gasteiger partial charge on any atom is -0.427 e. The van der Waals surface area contributed by atoms with Gasteiger partial charge in [0, 0.05) is 18.0 Å². The second kappa shape index (κ2) is 9.25. The molecule has 28 heavy (non-hydrogen) atoms. The van der Waals surface area contributed by atoms with Crippen LogP contribution in [0, 0.1) is 6.92 Å². The first-order valence-electron chi connectivity index (χ1n) is 11.1. The van der Waals surface area contributed by atoms with Crippen LogP contribution in [0.15, 0.2) is 15.3 Å². The van der Waals surface area contributed by atoms with Gasteiger partial charge in [0.25, 0.3) is 5.91 Å². The Bertz CT molecular complexity index is 728. The van der Waals surface area contributed by atoms with E-state index in [1.54, 1.807) is 0 Å². The zero-order valence-corrected chi connectivity index (χ0v) is 17.8. The normalized spacial score (nSPS) is 20.8. The molecule has 2 heterocycles. The monoisotopic (exact) mass is 388 g/mol. The lowest BCUT2D eigenvalue weighted by Crippen LogP contribution is -2.55.